The zero-order chi connectivity index (χ0) is 13.1. The zero-order valence-electron chi connectivity index (χ0n) is 12.4. The third kappa shape index (κ3) is 5.84. The molecule has 3 heteroatoms. The molecule has 0 aromatic heterocycles. The Bertz CT molecular complexity index is 230. The van der Waals surface area contributed by atoms with Crippen LogP contribution in [0.15, 0.2) is 0 Å². The summed E-state index contributed by atoms with van der Waals surface area (Å²) in [6, 6.07) is 0. The van der Waals surface area contributed by atoms with E-state index in [2.05, 4.69) is 44.4 Å². The molecule has 1 atom stereocenters. The van der Waals surface area contributed by atoms with Crippen LogP contribution < -0.4 is 5.73 Å². The summed E-state index contributed by atoms with van der Waals surface area (Å²) >= 11 is 0. The van der Waals surface area contributed by atoms with Crippen molar-refractivity contribution in [3.63, 3.8) is 0 Å². The van der Waals surface area contributed by atoms with Crippen molar-refractivity contribution in [2.24, 2.45) is 11.1 Å². The van der Waals surface area contributed by atoms with Crippen LogP contribution in [0.4, 0.5) is 0 Å². The number of nitrogens with two attached hydrogens (primary N) is 1. The molecule has 17 heavy (non-hydrogen) atoms. The molecule has 3 nitrogen and oxygen atoms in total. The van der Waals surface area contributed by atoms with Gasteiger partial charge in [-0.2, -0.15) is 0 Å². The second-order valence-electron chi connectivity index (χ2n) is 7.17. The van der Waals surface area contributed by atoms with Crippen molar-refractivity contribution >= 4 is 0 Å². The van der Waals surface area contributed by atoms with E-state index in [1.807, 2.05) is 0 Å². The molecule has 1 heterocycles. The number of rotatable bonds is 7. The second kappa shape index (κ2) is 5.68. The first-order valence-electron chi connectivity index (χ1n) is 6.92. The van der Waals surface area contributed by atoms with Gasteiger partial charge in [-0.05, 0) is 32.2 Å². The molecule has 0 aromatic rings. The van der Waals surface area contributed by atoms with Crippen LogP contribution in [-0.2, 0) is 0 Å². The molecule has 1 rings (SSSR count). The minimum atomic E-state index is 0.423. The zero-order valence-corrected chi connectivity index (χ0v) is 12.4. The SMILES string of the molecule is CC(C)(C)CCN(CCN)CCN1CC1(C)C. The second-order valence-corrected chi connectivity index (χ2v) is 7.17. The van der Waals surface area contributed by atoms with Gasteiger partial charge in [0, 0.05) is 38.3 Å². The molecular formula is C14H31N3. The van der Waals surface area contributed by atoms with E-state index in [0.29, 0.717) is 11.0 Å². The van der Waals surface area contributed by atoms with Crippen LogP contribution >= 0.6 is 0 Å². The van der Waals surface area contributed by atoms with Crippen molar-refractivity contribution in [1.82, 2.24) is 9.80 Å². The van der Waals surface area contributed by atoms with Crippen LogP contribution in [0, 0.1) is 5.41 Å². The molecule has 1 unspecified atom stereocenters. The van der Waals surface area contributed by atoms with E-state index >= 15 is 0 Å². The van der Waals surface area contributed by atoms with E-state index in [0.717, 1.165) is 19.6 Å². The summed E-state index contributed by atoms with van der Waals surface area (Å²) in [6.45, 7) is 18.1. The third-order valence-electron chi connectivity index (χ3n) is 3.64. The Morgan fingerprint density at radius 2 is 1.76 bits per heavy atom. The summed E-state index contributed by atoms with van der Waals surface area (Å²) in [4.78, 5) is 5.05. The fourth-order valence-corrected chi connectivity index (χ4v) is 2.09. The minimum absolute atomic E-state index is 0.423. The van der Waals surface area contributed by atoms with Gasteiger partial charge >= 0.3 is 0 Å². The maximum Gasteiger partial charge on any atom is 0.0281 e. The summed E-state index contributed by atoms with van der Waals surface area (Å²) in [5, 5.41) is 0. The molecule has 0 aliphatic carbocycles. The molecule has 1 saturated heterocycles. The van der Waals surface area contributed by atoms with Crippen molar-refractivity contribution in [1.29, 1.82) is 0 Å². The quantitative estimate of drug-likeness (QED) is 0.690. The summed E-state index contributed by atoms with van der Waals surface area (Å²) in [5.74, 6) is 0. The van der Waals surface area contributed by atoms with E-state index in [4.69, 9.17) is 5.73 Å². The van der Waals surface area contributed by atoms with Crippen molar-refractivity contribution in [2.45, 2.75) is 46.6 Å². The lowest BCUT2D eigenvalue weighted by atomic mass is 9.92. The van der Waals surface area contributed by atoms with Crippen molar-refractivity contribution in [2.75, 3.05) is 39.3 Å². The Morgan fingerprint density at radius 3 is 2.18 bits per heavy atom. The molecule has 0 spiro atoms. The highest BCUT2D eigenvalue weighted by atomic mass is 15.4. The predicted octanol–water partition coefficient (Wildman–Crippen LogP) is 1.78. The lowest BCUT2D eigenvalue weighted by Gasteiger charge is -2.26. The standard InChI is InChI=1S/C14H31N3/c1-13(2,3)6-8-16(9-7-15)10-11-17-12-14(17,4)5/h6-12,15H2,1-5H3. The van der Waals surface area contributed by atoms with E-state index in [1.165, 1.54) is 26.1 Å². The van der Waals surface area contributed by atoms with Crippen LogP contribution in [0.5, 0.6) is 0 Å². The van der Waals surface area contributed by atoms with E-state index < -0.39 is 0 Å². The smallest absolute Gasteiger partial charge is 0.0281 e. The third-order valence-corrected chi connectivity index (χ3v) is 3.64. The van der Waals surface area contributed by atoms with Gasteiger partial charge in [0.15, 0.2) is 0 Å². The Kier molecular flexibility index (Phi) is 4.99. The van der Waals surface area contributed by atoms with E-state index in [9.17, 15) is 0 Å². The monoisotopic (exact) mass is 241 g/mol. The largest absolute Gasteiger partial charge is 0.329 e. The van der Waals surface area contributed by atoms with Gasteiger partial charge in [0.1, 0.15) is 0 Å². The highest BCUT2D eigenvalue weighted by molar-refractivity contribution is 4.99. The lowest BCUT2D eigenvalue weighted by Crippen LogP contribution is -2.36. The van der Waals surface area contributed by atoms with Gasteiger partial charge in [-0.15, -0.1) is 0 Å². The highest BCUT2D eigenvalue weighted by Crippen LogP contribution is 2.29. The number of hydrogen-bond donors (Lipinski definition) is 1. The summed E-state index contributed by atoms with van der Waals surface area (Å²) in [6.07, 6.45) is 1.25. The molecule has 1 aliphatic heterocycles. The van der Waals surface area contributed by atoms with Gasteiger partial charge in [0.05, 0.1) is 0 Å². The molecular weight excluding hydrogens is 210 g/mol. The molecule has 0 bridgehead atoms. The van der Waals surface area contributed by atoms with Gasteiger partial charge < -0.3 is 10.6 Å². The van der Waals surface area contributed by atoms with Crippen LogP contribution in [-0.4, -0.2) is 54.6 Å². The Morgan fingerprint density at radius 1 is 1.18 bits per heavy atom. The molecule has 1 aliphatic rings. The summed E-state index contributed by atoms with van der Waals surface area (Å²) in [5.41, 5.74) is 6.57. The minimum Gasteiger partial charge on any atom is -0.329 e. The van der Waals surface area contributed by atoms with Crippen molar-refractivity contribution < 1.29 is 0 Å². The number of nitrogens with zero attached hydrogens (tertiary/aromatic N) is 2. The maximum absolute atomic E-state index is 5.69. The van der Waals surface area contributed by atoms with Crippen LogP contribution in [0.1, 0.15) is 41.0 Å². The predicted molar refractivity (Wildman–Crippen MR) is 75.2 cm³/mol. The summed E-state index contributed by atoms with van der Waals surface area (Å²) < 4.78 is 0. The maximum atomic E-state index is 5.69. The van der Waals surface area contributed by atoms with Crippen molar-refractivity contribution in [3.8, 4) is 0 Å². The Labute approximate surface area is 107 Å². The molecule has 102 valence electrons. The first-order chi connectivity index (χ1) is 7.74. The lowest BCUT2D eigenvalue weighted by molar-refractivity contribution is 0.219. The molecule has 0 radical (unpaired) electrons. The molecule has 1 fully saturated rings. The average molecular weight is 241 g/mol. The van der Waals surface area contributed by atoms with Gasteiger partial charge in [-0.1, -0.05) is 20.8 Å². The van der Waals surface area contributed by atoms with E-state index in [-0.39, 0.29) is 0 Å². The van der Waals surface area contributed by atoms with E-state index in [1.54, 1.807) is 0 Å². The van der Waals surface area contributed by atoms with Crippen LogP contribution in [0.3, 0.4) is 0 Å². The normalized spacial score (nSPS) is 23.1. The topological polar surface area (TPSA) is 32.3 Å². The number of hydrogen-bond acceptors (Lipinski definition) is 3. The van der Waals surface area contributed by atoms with Crippen molar-refractivity contribution in [3.05, 3.63) is 0 Å². The first kappa shape index (κ1) is 14.9. The molecule has 0 saturated carbocycles. The fourth-order valence-electron chi connectivity index (χ4n) is 2.09. The van der Waals surface area contributed by atoms with Gasteiger partial charge in [0.25, 0.3) is 0 Å². The molecule has 0 aromatic carbocycles. The first-order valence-corrected chi connectivity index (χ1v) is 6.92. The Hall–Kier alpha value is -0.120. The summed E-state index contributed by atoms with van der Waals surface area (Å²) in [7, 11) is 0. The molecule has 2 N–H and O–H groups in total. The van der Waals surface area contributed by atoms with Crippen LogP contribution in [0.2, 0.25) is 0 Å². The average Bonchev–Trinajstić information content (AvgIpc) is 2.78. The Balaban J connectivity index is 2.23. The fraction of sp³-hybridized carbons (Fsp3) is 1.00. The van der Waals surface area contributed by atoms with Gasteiger partial charge in [-0.25, -0.2) is 0 Å². The highest BCUT2D eigenvalue weighted by Gasteiger charge is 2.42. The molecule has 0 amide bonds. The van der Waals surface area contributed by atoms with Gasteiger partial charge in [0.2, 0.25) is 0 Å². The van der Waals surface area contributed by atoms with Crippen LogP contribution in [0.25, 0.3) is 0 Å². The van der Waals surface area contributed by atoms with Gasteiger partial charge in [-0.3, -0.25) is 4.90 Å².